The molecule has 0 saturated carbocycles. The number of nitrogens with one attached hydrogen (secondary N) is 2. The summed E-state index contributed by atoms with van der Waals surface area (Å²) in [5.41, 5.74) is 0. The van der Waals surface area contributed by atoms with Crippen molar-refractivity contribution in [2.45, 2.75) is 31.7 Å². The molecule has 2 amide bonds. The van der Waals surface area contributed by atoms with Crippen LogP contribution in [-0.4, -0.2) is 85.6 Å². The van der Waals surface area contributed by atoms with E-state index in [4.69, 9.17) is 5.11 Å². The fourth-order valence-electron chi connectivity index (χ4n) is 2.56. The second-order valence-electron chi connectivity index (χ2n) is 5.96. The molecule has 0 unspecified atom stereocenters. The summed E-state index contributed by atoms with van der Waals surface area (Å²) < 4.78 is 0. The summed E-state index contributed by atoms with van der Waals surface area (Å²) in [4.78, 5) is 37.6. The number of rotatable bonds is 9. The molecule has 1 fully saturated rings. The first-order valence-electron chi connectivity index (χ1n) is 8.03. The number of likely N-dealkylation sites (N-methyl/N-ethyl adjacent to an activating group) is 1. The van der Waals surface area contributed by atoms with E-state index in [1.807, 2.05) is 7.05 Å². The van der Waals surface area contributed by atoms with Gasteiger partial charge in [-0.3, -0.25) is 14.4 Å². The van der Waals surface area contributed by atoms with Gasteiger partial charge in [-0.15, -0.1) is 0 Å². The normalized spacial score (nSPS) is 15.4. The molecule has 1 rings (SSSR count). The van der Waals surface area contributed by atoms with Gasteiger partial charge in [0.05, 0.1) is 13.0 Å². The third kappa shape index (κ3) is 7.94. The van der Waals surface area contributed by atoms with Crippen LogP contribution in [-0.2, 0) is 14.4 Å². The zero-order valence-corrected chi connectivity index (χ0v) is 14.0. The number of carbonyl (C=O) groups is 3. The largest absolute Gasteiger partial charge is 0.481 e. The van der Waals surface area contributed by atoms with Crippen molar-refractivity contribution in [3.05, 3.63) is 0 Å². The van der Waals surface area contributed by atoms with E-state index in [-0.39, 0.29) is 31.3 Å². The lowest BCUT2D eigenvalue weighted by Crippen LogP contribution is -2.43. The average Bonchev–Trinajstić information content (AvgIpc) is 2.52. The van der Waals surface area contributed by atoms with Gasteiger partial charge in [0.2, 0.25) is 11.8 Å². The van der Waals surface area contributed by atoms with Gasteiger partial charge < -0.3 is 25.5 Å². The lowest BCUT2D eigenvalue weighted by Gasteiger charge is -2.31. The average molecular weight is 328 g/mol. The lowest BCUT2D eigenvalue weighted by atomic mass is 10.1. The molecule has 1 saturated heterocycles. The molecular weight excluding hydrogens is 300 g/mol. The van der Waals surface area contributed by atoms with E-state index >= 15 is 0 Å². The zero-order chi connectivity index (χ0) is 17.2. The summed E-state index contributed by atoms with van der Waals surface area (Å²) in [5, 5.41) is 14.3. The molecule has 3 N–H and O–H groups in total. The molecule has 1 aliphatic rings. The molecule has 8 nitrogen and oxygen atoms in total. The van der Waals surface area contributed by atoms with E-state index in [9.17, 15) is 14.4 Å². The molecule has 8 heteroatoms. The molecule has 0 aromatic heterocycles. The van der Waals surface area contributed by atoms with Gasteiger partial charge in [0.15, 0.2) is 0 Å². The number of amides is 2. The third-order valence-electron chi connectivity index (χ3n) is 4.08. The molecule has 23 heavy (non-hydrogen) atoms. The Morgan fingerprint density at radius 3 is 2.43 bits per heavy atom. The van der Waals surface area contributed by atoms with Crippen molar-refractivity contribution >= 4 is 17.8 Å². The van der Waals surface area contributed by atoms with E-state index in [1.165, 1.54) is 4.90 Å². The summed E-state index contributed by atoms with van der Waals surface area (Å²) in [6, 6.07) is 0.508. The van der Waals surface area contributed by atoms with Crippen LogP contribution in [0.15, 0.2) is 0 Å². The summed E-state index contributed by atoms with van der Waals surface area (Å²) in [5.74, 6) is -1.39. The van der Waals surface area contributed by atoms with Crippen molar-refractivity contribution in [2.75, 3.05) is 46.8 Å². The van der Waals surface area contributed by atoms with Crippen LogP contribution in [0.3, 0.4) is 0 Å². The topological polar surface area (TPSA) is 102 Å². The molecule has 0 atom stereocenters. The van der Waals surface area contributed by atoms with Gasteiger partial charge in [0.25, 0.3) is 0 Å². The predicted molar refractivity (Wildman–Crippen MR) is 86.0 cm³/mol. The minimum Gasteiger partial charge on any atom is -0.481 e. The summed E-state index contributed by atoms with van der Waals surface area (Å²) in [7, 11) is 3.62. The van der Waals surface area contributed by atoms with Crippen LogP contribution in [0.2, 0.25) is 0 Å². The smallest absolute Gasteiger partial charge is 0.305 e. The highest BCUT2D eigenvalue weighted by atomic mass is 16.4. The minimum absolute atomic E-state index is 0.0461. The Labute approximate surface area is 137 Å². The van der Waals surface area contributed by atoms with Gasteiger partial charge >= 0.3 is 5.97 Å². The Bertz CT molecular complexity index is 410. The predicted octanol–water partition coefficient (Wildman–Crippen LogP) is -0.890. The SMILES string of the molecule is CN(CC(=O)NCCC(=O)O)C(=O)CCN(C)C1CCNCC1. The van der Waals surface area contributed by atoms with Gasteiger partial charge in [-0.25, -0.2) is 0 Å². The molecule has 0 bridgehead atoms. The molecular formula is C15H28N4O4. The molecule has 132 valence electrons. The number of carboxylic acid groups (broad SMARTS) is 1. The van der Waals surface area contributed by atoms with Crippen molar-refractivity contribution in [2.24, 2.45) is 0 Å². The highest BCUT2D eigenvalue weighted by Crippen LogP contribution is 2.10. The summed E-state index contributed by atoms with van der Waals surface area (Å²) >= 11 is 0. The highest BCUT2D eigenvalue weighted by Gasteiger charge is 2.19. The standard InChI is InChI=1S/C15H28N4O4/c1-18(12-3-7-16-8-4-12)10-6-14(21)19(2)11-13(20)17-9-5-15(22)23/h12,16H,3-11H2,1-2H3,(H,17,20)(H,22,23). The van der Waals surface area contributed by atoms with Gasteiger partial charge in [-0.1, -0.05) is 0 Å². The number of carboxylic acids is 1. The fraction of sp³-hybridized carbons (Fsp3) is 0.800. The maximum Gasteiger partial charge on any atom is 0.305 e. The van der Waals surface area contributed by atoms with Crippen LogP contribution in [0.4, 0.5) is 0 Å². The third-order valence-corrected chi connectivity index (χ3v) is 4.08. The van der Waals surface area contributed by atoms with Crippen molar-refractivity contribution in [1.29, 1.82) is 0 Å². The second kappa shape index (κ2) is 10.2. The van der Waals surface area contributed by atoms with Crippen molar-refractivity contribution in [3.8, 4) is 0 Å². The van der Waals surface area contributed by atoms with Gasteiger partial charge in [-0.05, 0) is 33.0 Å². The maximum atomic E-state index is 12.1. The number of carbonyl (C=O) groups excluding carboxylic acids is 2. The fourth-order valence-corrected chi connectivity index (χ4v) is 2.56. The summed E-state index contributed by atoms with van der Waals surface area (Å²) in [6.45, 7) is 2.73. The number of nitrogens with zero attached hydrogens (tertiary/aromatic N) is 2. The first-order valence-corrected chi connectivity index (χ1v) is 8.03. The molecule has 1 aliphatic heterocycles. The Morgan fingerprint density at radius 1 is 1.17 bits per heavy atom. The molecule has 0 aromatic carbocycles. The van der Waals surface area contributed by atoms with Gasteiger partial charge in [0, 0.05) is 32.6 Å². The number of piperidine rings is 1. The van der Waals surface area contributed by atoms with Crippen LogP contribution >= 0.6 is 0 Å². The first kappa shape index (κ1) is 19.4. The van der Waals surface area contributed by atoms with Crippen LogP contribution in [0.5, 0.6) is 0 Å². The van der Waals surface area contributed by atoms with Crippen LogP contribution in [0, 0.1) is 0 Å². The molecule has 0 spiro atoms. The van der Waals surface area contributed by atoms with Crippen molar-refractivity contribution < 1.29 is 19.5 Å². The number of hydrogen-bond donors (Lipinski definition) is 3. The monoisotopic (exact) mass is 328 g/mol. The number of hydrogen-bond acceptors (Lipinski definition) is 5. The molecule has 0 aliphatic carbocycles. The highest BCUT2D eigenvalue weighted by molar-refractivity contribution is 5.84. The van der Waals surface area contributed by atoms with Gasteiger partial charge in [0.1, 0.15) is 0 Å². The molecule has 0 radical (unpaired) electrons. The van der Waals surface area contributed by atoms with Gasteiger partial charge in [-0.2, -0.15) is 0 Å². The Balaban J connectivity index is 2.22. The molecule has 1 heterocycles. The zero-order valence-electron chi connectivity index (χ0n) is 14.0. The van der Waals surface area contributed by atoms with Crippen LogP contribution in [0.25, 0.3) is 0 Å². The van der Waals surface area contributed by atoms with E-state index in [0.717, 1.165) is 25.9 Å². The van der Waals surface area contributed by atoms with E-state index in [2.05, 4.69) is 15.5 Å². The lowest BCUT2D eigenvalue weighted by molar-refractivity contribution is -0.137. The van der Waals surface area contributed by atoms with E-state index in [1.54, 1.807) is 7.05 Å². The Morgan fingerprint density at radius 2 is 1.83 bits per heavy atom. The quantitative estimate of drug-likeness (QED) is 0.507. The maximum absolute atomic E-state index is 12.1. The molecule has 0 aromatic rings. The van der Waals surface area contributed by atoms with Crippen molar-refractivity contribution in [3.63, 3.8) is 0 Å². The second-order valence-corrected chi connectivity index (χ2v) is 5.96. The van der Waals surface area contributed by atoms with Crippen molar-refractivity contribution in [1.82, 2.24) is 20.4 Å². The Hall–Kier alpha value is -1.67. The Kier molecular flexibility index (Phi) is 8.57. The van der Waals surface area contributed by atoms with E-state index < -0.39 is 5.97 Å². The minimum atomic E-state index is -0.962. The first-order chi connectivity index (χ1) is 10.9. The summed E-state index contributed by atoms with van der Waals surface area (Å²) in [6.07, 6.45) is 2.43. The van der Waals surface area contributed by atoms with E-state index in [0.29, 0.717) is 19.0 Å². The van der Waals surface area contributed by atoms with Crippen LogP contribution in [0.1, 0.15) is 25.7 Å². The number of aliphatic carboxylic acids is 1. The van der Waals surface area contributed by atoms with Crippen LogP contribution < -0.4 is 10.6 Å².